The monoisotopic (exact) mass is 519 g/mol. The van der Waals surface area contributed by atoms with Crippen molar-refractivity contribution in [3.8, 4) is 5.75 Å². The van der Waals surface area contributed by atoms with E-state index in [1.165, 1.54) is 10.5 Å². The molecule has 4 rings (SSSR count). The number of benzene rings is 3. The number of likely N-dealkylation sites (tertiary alicyclic amines) is 1. The molecule has 1 saturated heterocycles. The van der Waals surface area contributed by atoms with Gasteiger partial charge in [0.1, 0.15) is 12.3 Å². The molecule has 0 bridgehead atoms. The normalized spacial score (nSPS) is 14.2. The van der Waals surface area contributed by atoms with Crippen molar-refractivity contribution in [3.63, 3.8) is 0 Å². The summed E-state index contributed by atoms with van der Waals surface area (Å²) in [5.41, 5.74) is 2.42. The predicted molar refractivity (Wildman–Crippen MR) is 148 cm³/mol. The maximum atomic E-state index is 13.4. The van der Waals surface area contributed by atoms with Crippen LogP contribution in [0.5, 0.6) is 5.75 Å². The number of ether oxygens (including phenoxy) is 1. The van der Waals surface area contributed by atoms with E-state index < -0.39 is 0 Å². The molecule has 1 N–H and O–H groups in total. The number of halogens is 1. The molecule has 0 aliphatic carbocycles. The van der Waals surface area contributed by atoms with Crippen molar-refractivity contribution in [2.75, 3.05) is 37.7 Å². The van der Waals surface area contributed by atoms with Crippen LogP contribution in [-0.4, -0.2) is 49.5 Å². The average Bonchev–Trinajstić information content (AvgIpc) is 2.93. The van der Waals surface area contributed by atoms with E-state index in [0.717, 1.165) is 37.5 Å². The zero-order valence-corrected chi connectivity index (χ0v) is 22.0. The molecule has 2 amide bonds. The number of para-hydroxylation sites is 1. The lowest BCUT2D eigenvalue weighted by molar-refractivity contribution is -0.120. The van der Waals surface area contributed by atoms with Gasteiger partial charge in [-0.1, -0.05) is 48.0 Å². The van der Waals surface area contributed by atoms with Crippen LogP contribution in [0.1, 0.15) is 35.7 Å². The highest BCUT2D eigenvalue weighted by Gasteiger charge is 2.23. The van der Waals surface area contributed by atoms with E-state index in [9.17, 15) is 9.59 Å². The Morgan fingerprint density at radius 3 is 2.43 bits per heavy atom. The third kappa shape index (κ3) is 7.81. The number of nitrogens with one attached hydrogen (secondary N) is 1. The molecule has 0 radical (unpaired) electrons. The van der Waals surface area contributed by atoms with Crippen LogP contribution in [0, 0.1) is 5.92 Å². The van der Waals surface area contributed by atoms with Crippen LogP contribution in [0.4, 0.5) is 5.69 Å². The Kier molecular flexibility index (Phi) is 9.58. The van der Waals surface area contributed by atoms with Crippen molar-refractivity contribution in [1.29, 1.82) is 0 Å². The number of hydrogen-bond donors (Lipinski definition) is 1. The van der Waals surface area contributed by atoms with Gasteiger partial charge < -0.3 is 10.1 Å². The second-order valence-electron chi connectivity index (χ2n) is 9.34. The van der Waals surface area contributed by atoms with Crippen molar-refractivity contribution in [3.05, 3.63) is 95.0 Å². The van der Waals surface area contributed by atoms with Gasteiger partial charge in [-0.15, -0.1) is 0 Å². The van der Waals surface area contributed by atoms with Crippen LogP contribution >= 0.6 is 11.6 Å². The lowest BCUT2D eigenvalue weighted by Crippen LogP contribution is -2.43. The fourth-order valence-electron chi connectivity index (χ4n) is 4.58. The highest BCUT2D eigenvalue weighted by atomic mass is 35.5. The van der Waals surface area contributed by atoms with Crippen LogP contribution < -0.4 is 15.0 Å². The lowest BCUT2D eigenvalue weighted by atomic mass is 9.96. The summed E-state index contributed by atoms with van der Waals surface area (Å²) in [6.07, 6.45) is 2.05. The molecule has 7 heteroatoms. The van der Waals surface area contributed by atoms with Gasteiger partial charge in [-0.3, -0.25) is 19.4 Å². The summed E-state index contributed by atoms with van der Waals surface area (Å²) in [4.78, 5) is 30.3. The minimum absolute atomic E-state index is 0.0445. The summed E-state index contributed by atoms with van der Waals surface area (Å²) < 4.78 is 5.56. The van der Waals surface area contributed by atoms with Crippen molar-refractivity contribution in [2.45, 2.75) is 26.3 Å². The summed E-state index contributed by atoms with van der Waals surface area (Å²) in [6.45, 7) is 5.89. The summed E-state index contributed by atoms with van der Waals surface area (Å²) >= 11 is 5.99. The van der Waals surface area contributed by atoms with Crippen LogP contribution in [0.3, 0.4) is 0 Å². The number of rotatable bonds is 10. The van der Waals surface area contributed by atoms with Gasteiger partial charge in [-0.05, 0) is 86.8 Å². The Labute approximate surface area is 224 Å². The zero-order valence-electron chi connectivity index (χ0n) is 21.2. The molecule has 6 nitrogen and oxygen atoms in total. The van der Waals surface area contributed by atoms with Crippen molar-refractivity contribution in [2.24, 2.45) is 5.92 Å². The van der Waals surface area contributed by atoms with Gasteiger partial charge in [0.2, 0.25) is 5.91 Å². The Hall–Kier alpha value is -3.35. The molecule has 0 unspecified atom stereocenters. The van der Waals surface area contributed by atoms with E-state index >= 15 is 0 Å². The van der Waals surface area contributed by atoms with Gasteiger partial charge in [-0.2, -0.15) is 0 Å². The minimum Gasteiger partial charge on any atom is -0.494 e. The van der Waals surface area contributed by atoms with E-state index in [0.29, 0.717) is 36.1 Å². The van der Waals surface area contributed by atoms with E-state index in [-0.39, 0.29) is 18.4 Å². The van der Waals surface area contributed by atoms with Crippen molar-refractivity contribution >= 4 is 29.1 Å². The zero-order chi connectivity index (χ0) is 26.0. The number of anilines is 1. The molecule has 194 valence electrons. The first-order valence-corrected chi connectivity index (χ1v) is 13.2. The number of carbonyl (C=O) groups is 2. The summed E-state index contributed by atoms with van der Waals surface area (Å²) in [5, 5.41) is 3.83. The summed E-state index contributed by atoms with van der Waals surface area (Å²) in [7, 11) is 0. The summed E-state index contributed by atoms with van der Waals surface area (Å²) in [6, 6.07) is 24.4. The maximum absolute atomic E-state index is 13.4. The molecule has 1 aliphatic rings. The first kappa shape index (κ1) is 26.7. The Bertz CT molecular complexity index is 1160. The van der Waals surface area contributed by atoms with Crippen molar-refractivity contribution in [1.82, 2.24) is 10.2 Å². The molecule has 0 saturated carbocycles. The van der Waals surface area contributed by atoms with E-state index in [1.54, 1.807) is 18.2 Å². The van der Waals surface area contributed by atoms with Crippen molar-refractivity contribution < 1.29 is 14.3 Å². The molecular formula is C30H34ClN3O3. The van der Waals surface area contributed by atoms with Gasteiger partial charge in [0.05, 0.1) is 6.61 Å². The number of hydrogen-bond acceptors (Lipinski definition) is 4. The largest absolute Gasteiger partial charge is 0.494 e. The molecular weight excluding hydrogens is 486 g/mol. The highest BCUT2D eigenvalue weighted by molar-refractivity contribution is 6.30. The number of amides is 2. The first-order chi connectivity index (χ1) is 18.0. The fourth-order valence-corrected chi connectivity index (χ4v) is 4.71. The van der Waals surface area contributed by atoms with Gasteiger partial charge in [0.15, 0.2) is 0 Å². The Morgan fingerprint density at radius 2 is 1.73 bits per heavy atom. The van der Waals surface area contributed by atoms with Crippen LogP contribution in [-0.2, 0) is 11.3 Å². The third-order valence-electron chi connectivity index (χ3n) is 6.62. The first-order valence-electron chi connectivity index (χ1n) is 12.8. The Balaban J connectivity index is 1.31. The minimum atomic E-state index is -0.238. The van der Waals surface area contributed by atoms with E-state index in [2.05, 4.69) is 22.3 Å². The Morgan fingerprint density at radius 1 is 1.00 bits per heavy atom. The quantitative estimate of drug-likeness (QED) is 0.389. The smallest absolute Gasteiger partial charge is 0.258 e. The third-order valence-corrected chi connectivity index (χ3v) is 6.87. The molecule has 0 atom stereocenters. The van der Waals surface area contributed by atoms with Crippen LogP contribution in [0.25, 0.3) is 0 Å². The number of carbonyl (C=O) groups excluding carboxylic acids is 2. The molecule has 1 heterocycles. The highest BCUT2D eigenvalue weighted by Crippen LogP contribution is 2.21. The standard InChI is InChI=1S/C30H34ClN3O3/c1-2-37-28-10-6-7-25(19-28)30(36)34(27-8-4-3-5-9-27)22-29(35)32-20-23-15-17-33(18-16-23)21-24-11-13-26(31)14-12-24/h3-14,19,23H,2,15-18,20-22H2,1H3,(H,32,35). The van der Waals surface area contributed by atoms with Gasteiger partial charge in [0.25, 0.3) is 5.91 Å². The molecule has 1 fully saturated rings. The van der Waals surface area contributed by atoms with E-state index in [1.807, 2.05) is 55.5 Å². The topological polar surface area (TPSA) is 61.9 Å². The maximum Gasteiger partial charge on any atom is 0.258 e. The van der Waals surface area contributed by atoms with Gasteiger partial charge in [0, 0.05) is 29.4 Å². The average molecular weight is 520 g/mol. The molecule has 0 aromatic heterocycles. The second-order valence-corrected chi connectivity index (χ2v) is 9.77. The summed E-state index contributed by atoms with van der Waals surface area (Å²) in [5.74, 6) is 0.655. The van der Waals surface area contributed by atoms with E-state index in [4.69, 9.17) is 16.3 Å². The van der Waals surface area contributed by atoms with Gasteiger partial charge in [-0.25, -0.2) is 0 Å². The van der Waals surface area contributed by atoms with Crippen LogP contribution in [0.15, 0.2) is 78.9 Å². The molecule has 37 heavy (non-hydrogen) atoms. The molecule has 3 aromatic carbocycles. The second kappa shape index (κ2) is 13.3. The number of nitrogens with zero attached hydrogens (tertiary/aromatic N) is 2. The molecule has 1 aliphatic heterocycles. The lowest BCUT2D eigenvalue weighted by Gasteiger charge is -2.32. The SMILES string of the molecule is CCOc1cccc(C(=O)N(CC(=O)NCC2CCN(Cc3ccc(Cl)cc3)CC2)c2ccccc2)c1. The fraction of sp³-hybridized carbons (Fsp3) is 0.333. The molecule has 0 spiro atoms. The van der Waals surface area contributed by atoms with Gasteiger partial charge >= 0.3 is 0 Å². The number of piperidine rings is 1. The van der Waals surface area contributed by atoms with Crippen LogP contribution in [0.2, 0.25) is 5.02 Å². The molecule has 3 aromatic rings. The predicted octanol–water partition coefficient (Wildman–Crippen LogP) is 5.41.